The van der Waals surface area contributed by atoms with Crippen LogP contribution in [0.4, 0.5) is 18.9 Å². The summed E-state index contributed by atoms with van der Waals surface area (Å²) >= 11 is 0. The van der Waals surface area contributed by atoms with Gasteiger partial charge in [-0.2, -0.15) is 18.4 Å². The second-order valence-corrected chi connectivity index (χ2v) is 7.30. The highest BCUT2D eigenvalue weighted by atomic mass is 19.4. The number of fused-ring (bicyclic) bond motifs is 3. The summed E-state index contributed by atoms with van der Waals surface area (Å²) in [5.74, 6) is 0.0611. The van der Waals surface area contributed by atoms with E-state index in [1.54, 1.807) is 25.2 Å². The molecule has 1 saturated heterocycles. The van der Waals surface area contributed by atoms with Crippen molar-refractivity contribution < 1.29 is 13.2 Å². The number of alkyl halides is 3. The van der Waals surface area contributed by atoms with E-state index in [2.05, 4.69) is 11.4 Å². The molecule has 2 unspecified atom stereocenters. The predicted molar refractivity (Wildman–Crippen MR) is 97.8 cm³/mol. The minimum absolute atomic E-state index is 0.0611. The van der Waals surface area contributed by atoms with Crippen LogP contribution in [0.15, 0.2) is 36.4 Å². The average Bonchev–Trinajstić information content (AvgIpc) is 2.94. The van der Waals surface area contributed by atoms with Gasteiger partial charge in [-0.25, -0.2) is 0 Å². The number of rotatable bonds is 2. The zero-order valence-electron chi connectivity index (χ0n) is 15.0. The summed E-state index contributed by atoms with van der Waals surface area (Å²) in [5.41, 5.74) is 2.37. The van der Waals surface area contributed by atoms with Gasteiger partial charge in [0.25, 0.3) is 0 Å². The third-order valence-electron chi connectivity index (χ3n) is 5.73. The molecule has 0 radical (unpaired) electrons. The number of anilines is 1. The Labute approximate surface area is 156 Å². The molecule has 0 bridgehead atoms. The minimum atomic E-state index is -4.41. The number of hydrogen-bond acceptors (Lipinski definition) is 3. The van der Waals surface area contributed by atoms with E-state index >= 15 is 0 Å². The van der Waals surface area contributed by atoms with Crippen LogP contribution in [0.1, 0.15) is 40.2 Å². The van der Waals surface area contributed by atoms with Crippen LogP contribution in [-0.2, 0) is 12.6 Å². The number of halogens is 3. The smallest absolute Gasteiger partial charge is 0.370 e. The summed E-state index contributed by atoms with van der Waals surface area (Å²) in [6.07, 6.45) is -3.27. The average molecular weight is 371 g/mol. The lowest BCUT2D eigenvalue weighted by atomic mass is 9.87. The van der Waals surface area contributed by atoms with Crippen LogP contribution in [0, 0.1) is 11.3 Å². The van der Waals surface area contributed by atoms with Crippen LogP contribution in [0.2, 0.25) is 0 Å². The van der Waals surface area contributed by atoms with Crippen molar-refractivity contribution in [2.24, 2.45) is 0 Å². The topological polar surface area (TPSA) is 39.1 Å². The summed E-state index contributed by atoms with van der Waals surface area (Å²) in [4.78, 5) is 1.82. The molecule has 4 rings (SSSR count). The minimum Gasteiger partial charge on any atom is -0.370 e. The van der Waals surface area contributed by atoms with Gasteiger partial charge in [0.15, 0.2) is 0 Å². The first kappa shape index (κ1) is 17.9. The molecule has 0 spiro atoms. The Balaban J connectivity index is 1.83. The van der Waals surface area contributed by atoms with Gasteiger partial charge >= 0.3 is 6.18 Å². The maximum absolute atomic E-state index is 13.9. The van der Waals surface area contributed by atoms with E-state index in [4.69, 9.17) is 0 Å². The molecule has 3 nitrogen and oxygen atoms in total. The largest absolute Gasteiger partial charge is 0.418 e. The molecule has 2 atom stereocenters. The molecule has 140 valence electrons. The molecular formula is C21H20F3N3. The Morgan fingerprint density at radius 3 is 2.78 bits per heavy atom. The van der Waals surface area contributed by atoms with Crippen molar-refractivity contribution in [1.29, 1.82) is 5.26 Å². The van der Waals surface area contributed by atoms with Crippen LogP contribution >= 0.6 is 0 Å². The SMILES string of the molecule is CN1c2c(cc(Cc3ccccc3C#N)cc2C(F)(F)F)C2CNCCC21. The first-order valence-electron chi connectivity index (χ1n) is 9.05. The van der Waals surface area contributed by atoms with Gasteiger partial charge in [0.1, 0.15) is 0 Å². The van der Waals surface area contributed by atoms with Gasteiger partial charge in [-0.05, 0) is 48.2 Å². The molecule has 27 heavy (non-hydrogen) atoms. The number of nitrogens with zero attached hydrogens (tertiary/aromatic N) is 2. The van der Waals surface area contributed by atoms with E-state index in [1.165, 1.54) is 6.07 Å². The molecule has 0 amide bonds. The van der Waals surface area contributed by atoms with E-state index in [9.17, 15) is 18.4 Å². The maximum atomic E-state index is 13.9. The van der Waals surface area contributed by atoms with E-state index in [0.717, 1.165) is 24.1 Å². The predicted octanol–water partition coefficient (Wildman–Crippen LogP) is 4.06. The fourth-order valence-corrected chi connectivity index (χ4v) is 4.51. The normalized spacial score (nSPS) is 21.5. The molecule has 0 saturated carbocycles. The second-order valence-electron chi connectivity index (χ2n) is 7.30. The summed E-state index contributed by atoms with van der Waals surface area (Å²) in [7, 11) is 1.77. The van der Waals surface area contributed by atoms with Crippen LogP contribution in [0.3, 0.4) is 0 Å². The fourth-order valence-electron chi connectivity index (χ4n) is 4.51. The second kappa shape index (κ2) is 6.58. The van der Waals surface area contributed by atoms with Crippen molar-refractivity contribution in [1.82, 2.24) is 5.32 Å². The zero-order chi connectivity index (χ0) is 19.2. The first-order chi connectivity index (χ1) is 12.9. The van der Waals surface area contributed by atoms with Crippen molar-refractivity contribution >= 4 is 5.69 Å². The van der Waals surface area contributed by atoms with Gasteiger partial charge in [-0.3, -0.25) is 0 Å². The number of benzene rings is 2. The lowest BCUT2D eigenvalue weighted by Gasteiger charge is -2.31. The van der Waals surface area contributed by atoms with E-state index in [-0.39, 0.29) is 12.0 Å². The molecule has 6 heteroatoms. The molecule has 2 aliphatic heterocycles. The molecular weight excluding hydrogens is 351 g/mol. The Morgan fingerprint density at radius 2 is 2.04 bits per heavy atom. The highest BCUT2D eigenvalue weighted by molar-refractivity contribution is 5.69. The molecule has 1 N–H and O–H groups in total. The van der Waals surface area contributed by atoms with Crippen molar-refractivity contribution in [3.63, 3.8) is 0 Å². The number of nitrogens with one attached hydrogen (secondary N) is 1. The van der Waals surface area contributed by atoms with Gasteiger partial charge in [0, 0.05) is 25.6 Å². The zero-order valence-corrected chi connectivity index (χ0v) is 15.0. The number of hydrogen-bond donors (Lipinski definition) is 1. The highest BCUT2D eigenvalue weighted by Gasteiger charge is 2.44. The molecule has 2 heterocycles. The first-order valence-corrected chi connectivity index (χ1v) is 9.05. The number of likely N-dealkylation sites (N-methyl/N-ethyl adjacent to an activating group) is 1. The third kappa shape index (κ3) is 3.06. The van der Waals surface area contributed by atoms with Crippen molar-refractivity contribution in [3.8, 4) is 6.07 Å². The monoisotopic (exact) mass is 371 g/mol. The Hall–Kier alpha value is -2.52. The Morgan fingerprint density at radius 1 is 1.26 bits per heavy atom. The number of nitriles is 1. The molecule has 2 aromatic rings. The van der Waals surface area contributed by atoms with Crippen LogP contribution in [0.5, 0.6) is 0 Å². The highest BCUT2D eigenvalue weighted by Crippen LogP contribution is 2.49. The van der Waals surface area contributed by atoms with Crippen LogP contribution < -0.4 is 10.2 Å². The van der Waals surface area contributed by atoms with Crippen LogP contribution in [-0.4, -0.2) is 26.2 Å². The quantitative estimate of drug-likeness (QED) is 0.865. The lowest BCUT2D eigenvalue weighted by Crippen LogP contribution is -2.42. The standard InChI is InChI=1S/C21H20F3N3/c1-27-19-6-7-26-12-17(19)16-9-13(10-18(20(16)27)21(22,23)24)8-14-4-2-3-5-15(14)11-25/h2-5,9-10,17,19,26H,6-8,12H2,1H3. The van der Waals surface area contributed by atoms with Gasteiger partial charge in [0.2, 0.25) is 0 Å². The molecule has 1 fully saturated rings. The van der Waals surface area contributed by atoms with Crippen molar-refractivity contribution in [3.05, 3.63) is 64.2 Å². The molecule has 0 aromatic heterocycles. The summed E-state index contributed by atoms with van der Waals surface area (Å²) < 4.78 is 41.6. The number of piperidine rings is 1. The summed E-state index contributed by atoms with van der Waals surface area (Å²) in [6, 6.07) is 12.5. The van der Waals surface area contributed by atoms with E-state index < -0.39 is 11.7 Å². The van der Waals surface area contributed by atoms with Gasteiger partial charge in [-0.15, -0.1) is 0 Å². The van der Waals surface area contributed by atoms with Crippen molar-refractivity contribution in [2.75, 3.05) is 25.0 Å². The van der Waals surface area contributed by atoms with E-state index in [0.29, 0.717) is 29.8 Å². The summed E-state index contributed by atoms with van der Waals surface area (Å²) in [5, 5.41) is 12.6. The molecule has 2 aliphatic rings. The fraction of sp³-hybridized carbons (Fsp3) is 0.381. The molecule has 2 aromatic carbocycles. The summed E-state index contributed by atoms with van der Waals surface area (Å²) in [6.45, 7) is 1.51. The van der Waals surface area contributed by atoms with Crippen LogP contribution in [0.25, 0.3) is 0 Å². The van der Waals surface area contributed by atoms with Gasteiger partial charge in [-0.1, -0.05) is 24.3 Å². The van der Waals surface area contributed by atoms with E-state index in [1.807, 2.05) is 17.0 Å². The lowest BCUT2D eigenvalue weighted by molar-refractivity contribution is -0.137. The van der Waals surface area contributed by atoms with Gasteiger partial charge in [0.05, 0.1) is 22.9 Å². The third-order valence-corrected chi connectivity index (χ3v) is 5.73. The maximum Gasteiger partial charge on any atom is 0.418 e. The van der Waals surface area contributed by atoms with Crippen molar-refractivity contribution in [2.45, 2.75) is 31.0 Å². The molecule has 0 aliphatic carbocycles. The Kier molecular flexibility index (Phi) is 4.35. The van der Waals surface area contributed by atoms with Gasteiger partial charge < -0.3 is 10.2 Å². The Bertz CT molecular complexity index is 914.